The number of nitrogens with zero attached hydrogens (tertiary/aromatic N) is 3. The molecule has 1 aromatic rings. The molecule has 2 fully saturated rings. The molecule has 2 heterocycles. The number of hydrogen-bond acceptors (Lipinski definition) is 4. The standard InChI is InChI=1S/C18H27N5OS/c1-19-17(21-13-16(24)22-15-6-5-9-20-12-15)23-10-11-25-18(14-23)7-3-2-4-8-18/h5-6,9,12H,2-4,7-8,10-11,13-14H2,1H3,(H,19,21)(H,22,24). The minimum Gasteiger partial charge on any atom is -0.347 e. The number of anilines is 1. The number of carbonyl (C=O) groups excluding carboxylic acids is 1. The van der Waals surface area contributed by atoms with Gasteiger partial charge < -0.3 is 15.5 Å². The lowest BCUT2D eigenvalue weighted by molar-refractivity contribution is -0.115. The van der Waals surface area contributed by atoms with Crippen molar-refractivity contribution in [2.24, 2.45) is 4.99 Å². The summed E-state index contributed by atoms with van der Waals surface area (Å²) < 4.78 is 0.381. The SMILES string of the molecule is CN=C(NCC(=O)Nc1cccnc1)N1CCSC2(CCCCC2)C1. The summed E-state index contributed by atoms with van der Waals surface area (Å²) in [6, 6.07) is 3.63. The number of aromatic nitrogens is 1. The van der Waals surface area contributed by atoms with Crippen LogP contribution in [0.15, 0.2) is 29.5 Å². The Hall–Kier alpha value is -1.76. The highest BCUT2D eigenvalue weighted by molar-refractivity contribution is 8.00. The summed E-state index contributed by atoms with van der Waals surface area (Å²) in [5.74, 6) is 1.86. The Balaban J connectivity index is 1.52. The van der Waals surface area contributed by atoms with Gasteiger partial charge in [0.05, 0.1) is 18.4 Å². The van der Waals surface area contributed by atoms with E-state index >= 15 is 0 Å². The summed E-state index contributed by atoms with van der Waals surface area (Å²) >= 11 is 2.13. The Labute approximate surface area is 153 Å². The number of guanidine groups is 1. The van der Waals surface area contributed by atoms with Crippen molar-refractivity contribution in [3.63, 3.8) is 0 Å². The fourth-order valence-electron chi connectivity index (χ4n) is 3.66. The third-order valence-electron chi connectivity index (χ3n) is 4.88. The Morgan fingerprint density at radius 3 is 2.96 bits per heavy atom. The topological polar surface area (TPSA) is 69.6 Å². The first-order valence-corrected chi connectivity index (χ1v) is 9.99. The molecular formula is C18H27N5OS. The molecule has 0 atom stereocenters. The molecular weight excluding hydrogens is 334 g/mol. The van der Waals surface area contributed by atoms with Crippen molar-refractivity contribution in [2.75, 3.05) is 37.8 Å². The third kappa shape index (κ3) is 4.87. The normalized spacial score (nSPS) is 20.4. The molecule has 25 heavy (non-hydrogen) atoms. The molecule has 6 nitrogen and oxygen atoms in total. The zero-order valence-electron chi connectivity index (χ0n) is 14.8. The van der Waals surface area contributed by atoms with Gasteiger partial charge in [0, 0.05) is 36.8 Å². The smallest absolute Gasteiger partial charge is 0.243 e. The molecule has 1 aliphatic heterocycles. The summed E-state index contributed by atoms with van der Waals surface area (Å²) in [6.07, 6.45) is 9.95. The summed E-state index contributed by atoms with van der Waals surface area (Å²) in [4.78, 5) is 22.9. The van der Waals surface area contributed by atoms with Gasteiger partial charge in [-0.2, -0.15) is 11.8 Å². The number of thioether (sulfide) groups is 1. The van der Waals surface area contributed by atoms with E-state index in [4.69, 9.17) is 0 Å². The van der Waals surface area contributed by atoms with Crippen LogP contribution in [0.25, 0.3) is 0 Å². The van der Waals surface area contributed by atoms with E-state index in [-0.39, 0.29) is 12.5 Å². The van der Waals surface area contributed by atoms with Gasteiger partial charge in [0.15, 0.2) is 5.96 Å². The van der Waals surface area contributed by atoms with Gasteiger partial charge in [0.1, 0.15) is 0 Å². The van der Waals surface area contributed by atoms with E-state index in [1.165, 1.54) is 32.1 Å². The Morgan fingerprint density at radius 2 is 2.24 bits per heavy atom. The van der Waals surface area contributed by atoms with Gasteiger partial charge in [0.25, 0.3) is 0 Å². The zero-order valence-corrected chi connectivity index (χ0v) is 15.6. The molecule has 136 valence electrons. The molecule has 0 unspecified atom stereocenters. The van der Waals surface area contributed by atoms with Crippen LogP contribution < -0.4 is 10.6 Å². The van der Waals surface area contributed by atoms with E-state index in [9.17, 15) is 4.79 Å². The van der Waals surface area contributed by atoms with E-state index in [0.29, 0.717) is 10.4 Å². The molecule has 2 N–H and O–H groups in total. The fraction of sp³-hybridized carbons (Fsp3) is 0.611. The molecule has 1 saturated carbocycles. The molecule has 1 spiro atoms. The Bertz CT molecular complexity index is 595. The molecule has 7 heteroatoms. The van der Waals surface area contributed by atoms with Crippen molar-refractivity contribution in [3.05, 3.63) is 24.5 Å². The van der Waals surface area contributed by atoms with Gasteiger partial charge in [-0.15, -0.1) is 0 Å². The monoisotopic (exact) mass is 361 g/mol. The second kappa shape index (κ2) is 8.56. The lowest BCUT2D eigenvalue weighted by Gasteiger charge is -2.45. The molecule has 1 aromatic heterocycles. The summed E-state index contributed by atoms with van der Waals surface area (Å²) in [7, 11) is 1.79. The van der Waals surface area contributed by atoms with E-state index in [1.807, 2.05) is 6.07 Å². The molecule has 2 aliphatic rings. The summed E-state index contributed by atoms with van der Waals surface area (Å²) in [5.41, 5.74) is 0.708. The lowest BCUT2D eigenvalue weighted by atomic mass is 9.87. The summed E-state index contributed by atoms with van der Waals surface area (Å²) in [6.45, 7) is 2.22. The van der Waals surface area contributed by atoms with Crippen LogP contribution in [0.2, 0.25) is 0 Å². The molecule has 3 rings (SSSR count). The van der Waals surface area contributed by atoms with Crippen LogP contribution in [0, 0.1) is 0 Å². The van der Waals surface area contributed by atoms with Crippen LogP contribution in [0.1, 0.15) is 32.1 Å². The van der Waals surface area contributed by atoms with Gasteiger partial charge in [-0.05, 0) is 25.0 Å². The lowest BCUT2D eigenvalue weighted by Crippen LogP contribution is -2.54. The average Bonchev–Trinajstić information content (AvgIpc) is 2.64. The molecule has 0 radical (unpaired) electrons. The minimum absolute atomic E-state index is 0.0899. The third-order valence-corrected chi connectivity index (χ3v) is 6.41. The van der Waals surface area contributed by atoms with Crippen molar-refractivity contribution >= 4 is 29.3 Å². The fourth-order valence-corrected chi connectivity index (χ4v) is 5.23. The van der Waals surface area contributed by atoms with Crippen LogP contribution in [-0.4, -0.2) is 58.9 Å². The number of nitrogens with one attached hydrogen (secondary N) is 2. The second-order valence-electron chi connectivity index (χ2n) is 6.70. The number of carbonyl (C=O) groups is 1. The minimum atomic E-state index is -0.0899. The predicted molar refractivity (Wildman–Crippen MR) is 104 cm³/mol. The molecule has 1 amide bonds. The maximum Gasteiger partial charge on any atom is 0.243 e. The van der Waals surface area contributed by atoms with E-state index < -0.39 is 0 Å². The Morgan fingerprint density at radius 1 is 1.40 bits per heavy atom. The van der Waals surface area contributed by atoms with E-state index in [1.54, 1.807) is 25.5 Å². The van der Waals surface area contributed by atoms with Crippen LogP contribution in [0.5, 0.6) is 0 Å². The average molecular weight is 362 g/mol. The van der Waals surface area contributed by atoms with Crippen molar-refractivity contribution in [1.29, 1.82) is 0 Å². The van der Waals surface area contributed by atoms with Gasteiger partial charge in [-0.25, -0.2) is 0 Å². The van der Waals surface area contributed by atoms with Crippen molar-refractivity contribution < 1.29 is 4.79 Å². The number of amides is 1. The van der Waals surface area contributed by atoms with Gasteiger partial charge >= 0.3 is 0 Å². The van der Waals surface area contributed by atoms with Crippen LogP contribution in [0.3, 0.4) is 0 Å². The highest BCUT2D eigenvalue weighted by Crippen LogP contribution is 2.42. The first-order valence-electron chi connectivity index (χ1n) is 9.00. The van der Waals surface area contributed by atoms with Gasteiger partial charge in [-0.1, -0.05) is 19.3 Å². The van der Waals surface area contributed by atoms with Crippen molar-refractivity contribution in [2.45, 2.75) is 36.9 Å². The second-order valence-corrected chi connectivity index (χ2v) is 8.27. The molecule has 1 aliphatic carbocycles. The van der Waals surface area contributed by atoms with Crippen LogP contribution >= 0.6 is 11.8 Å². The zero-order chi connectivity index (χ0) is 17.5. The quantitative estimate of drug-likeness (QED) is 0.639. The van der Waals surface area contributed by atoms with Crippen LogP contribution in [0.4, 0.5) is 5.69 Å². The molecule has 0 aromatic carbocycles. The van der Waals surface area contributed by atoms with Crippen LogP contribution in [-0.2, 0) is 4.79 Å². The highest BCUT2D eigenvalue weighted by atomic mass is 32.2. The number of rotatable bonds is 3. The number of aliphatic imine (C=N–C) groups is 1. The molecule has 0 bridgehead atoms. The first kappa shape index (κ1) is 18.0. The van der Waals surface area contributed by atoms with Crippen molar-refractivity contribution in [3.8, 4) is 0 Å². The van der Waals surface area contributed by atoms with E-state index in [2.05, 4.69) is 37.3 Å². The number of pyridine rings is 1. The summed E-state index contributed by atoms with van der Waals surface area (Å²) in [5, 5.41) is 6.05. The predicted octanol–water partition coefficient (Wildman–Crippen LogP) is 2.35. The van der Waals surface area contributed by atoms with E-state index in [0.717, 1.165) is 24.8 Å². The number of hydrogen-bond donors (Lipinski definition) is 2. The first-order chi connectivity index (χ1) is 12.2. The van der Waals surface area contributed by atoms with Gasteiger partial charge in [0.2, 0.25) is 5.91 Å². The van der Waals surface area contributed by atoms with Gasteiger partial charge in [-0.3, -0.25) is 14.8 Å². The highest BCUT2D eigenvalue weighted by Gasteiger charge is 2.38. The molecule has 1 saturated heterocycles. The van der Waals surface area contributed by atoms with Crippen molar-refractivity contribution in [1.82, 2.24) is 15.2 Å². The maximum absolute atomic E-state index is 12.1. The Kier molecular flexibility index (Phi) is 6.18. The largest absolute Gasteiger partial charge is 0.347 e. The maximum atomic E-state index is 12.1.